The molecular formula is C20H23N3. The summed E-state index contributed by atoms with van der Waals surface area (Å²) in [6.07, 6.45) is 0.789. The molecule has 118 valence electrons. The van der Waals surface area contributed by atoms with E-state index in [4.69, 9.17) is 10.8 Å². The van der Waals surface area contributed by atoms with E-state index in [9.17, 15) is 0 Å². The van der Waals surface area contributed by atoms with Crippen LogP contribution >= 0.6 is 0 Å². The number of hydrogen-bond donors (Lipinski definition) is 1. The molecule has 1 aromatic heterocycles. The van der Waals surface area contributed by atoms with Crippen molar-refractivity contribution in [3.8, 4) is 16.9 Å². The van der Waals surface area contributed by atoms with Crippen LogP contribution in [0.15, 0.2) is 60.7 Å². The van der Waals surface area contributed by atoms with Gasteiger partial charge in [0.2, 0.25) is 0 Å². The largest absolute Gasteiger partial charge is 0.330 e. The average Bonchev–Trinajstić information content (AvgIpc) is 3.00. The number of para-hydroxylation sites is 1. The molecule has 0 saturated heterocycles. The maximum absolute atomic E-state index is 5.70. The third-order valence-electron chi connectivity index (χ3n) is 4.03. The second-order valence-electron chi connectivity index (χ2n) is 6.08. The zero-order valence-corrected chi connectivity index (χ0v) is 13.7. The zero-order chi connectivity index (χ0) is 16.2. The third-order valence-corrected chi connectivity index (χ3v) is 4.03. The van der Waals surface area contributed by atoms with Crippen molar-refractivity contribution in [1.82, 2.24) is 9.78 Å². The first-order valence-corrected chi connectivity index (χ1v) is 8.14. The van der Waals surface area contributed by atoms with E-state index in [1.165, 1.54) is 11.1 Å². The van der Waals surface area contributed by atoms with Crippen molar-refractivity contribution in [2.24, 2.45) is 5.73 Å². The van der Waals surface area contributed by atoms with Crippen LogP contribution in [0.4, 0.5) is 0 Å². The van der Waals surface area contributed by atoms with E-state index in [0.29, 0.717) is 12.5 Å². The van der Waals surface area contributed by atoms with Gasteiger partial charge >= 0.3 is 0 Å². The van der Waals surface area contributed by atoms with Gasteiger partial charge in [0.25, 0.3) is 0 Å². The van der Waals surface area contributed by atoms with Gasteiger partial charge in [-0.15, -0.1) is 0 Å². The molecule has 0 aliphatic heterocycles. The highest BCUT2D eigenvalue weighted by molar-refractivity contribution is 5.63. The van der Waals surface area contributed by atoms with Crippen LogP contribution in [0.5, 0.6) is 0 Å². The maximum atomic E-state index is 5.70. The van der Waals surface area contributed by atoms with E-state index in [-0.39, 0.29) is 0 Å². The number of rotatable bonds is 5. The molecule has 3 nitrogen and oxygen atoms in total. The molecule has 0 atom stereocenters. The van der Waals surface area contributed by atoms with Crippen molar-refractivity contribution >= 4 is 0 Å². The summed E-state index contributed by atoms with van der Waals surface area (Å²) in [5.74, 6) is 0.538. The number of hydrogen-bond acceptors (Lipinski definition) is 2. The molecule has 0 bridgehead atoms. The highest BCUT2D eigenvalue weighted by atomic mass is 15.3. The second-order valence-corrected chi connectivity index (χ2v) is 6.08. The quantitative estimate of drug-likeness (QED) is 0.769. The minimum Gasteiger partial charge on any atom is -0.330 e. The molecule has 23 heavy (non-hydrogen) atoms. The highest BCUT2D eigenvalue weighted by Gasteiger charge is 2.11. The summed E-state index contributed by atoms with van der Waals surface area (Å²) in [5.41, 5.74) is 11.4. The first-order chi connectivity index (χ1) is 11.2. The van der Waals surface area contributed by atoms with Crippen LogP contribution in [0.3, 0.4) is 0 Å². The van der Waals surface area contributed by atoms with Gasteiger partial charge in [-0.1, -0.05) is 56.3 Å². The van der Waals surface area contributed by atoms with Crippen LogP contribution in [0, 0.1) is 0 Å². The molecule has 3 rings (SSSR count). The van der Waals surface area contributed by atoms with Gasteiger partial charge in [-0.2, -0.15) is 5.10 Å². The lowest BCUT2D eigenvalue weighted by molar-refractivity contribution is 0.825. The van der Waals surface area contributed by atoms with Crippen molar-refractivity contribution in [2.45, 2.75) is 26.2 Å². The SMILES string of the molecule is CC(C)c1ccc(-c2cc(CCN)nn2-c2ccccc2)cc1. The number of benzene rings is 2. The van der Waals surface area contributed by atoms with Gasteiger partial charge in [0, 0.05) is 12.0 Å². The Morgan fingerprint density at radius 1 is 1.00 bits per heavy atom. The summed E-state index contributed by atoms with van der Waals surface area (Å²) in [7, 11) is 0. The fourth-order valence-corrected chi connectivity index (χ4v) is 2.71. The molecule has 0 saturated carbocycles. The number of nitrogens with two attached hydrogens (primary N) is 1. The highest BCUT2D eigenvalue weighted by Crippen LogP contribution is 2.26. The molecule has 0 aliphatic rings. The maximum Gasteiger partial charge on any atom is 0.0743 e. The third kappa shape index (κ3) is 3.35. The standard InChI is InChI=1S/C20H23N3/c1-15(2)16-8-10-17(11-9-16)20-14-18(12-13-21)22-23(20)19-6-4-3-5-7-19/h3-11,14-15H,12-13,21H2,1-2H3. The molecule has 0 fully saturated rings. The van der Waals surface area contributed by atoms with Gasteiger partial charge < -0.3 is 5.73 Å². The van der Waals surface area contributed by atoms with Crippen LogP contribution in [-0.4, -0.2) is 16.3 Å². The molecule has 3 heteroatoms. The normalized spacial score (nSPS) is 11.1. The minimum absolute atomic E-state index is 0.538. The zero-order valence-electron chi connectivity index (χ0n) is 13.7. The van der Waals surface area contributed by atoms with E-state index in [2.05, 4.69) is 56.3 Å². The summed E-state index contributed by atoms with van der Waals surface area (Å²) < 4.78 is 2.01. The molecule has 2 N–H and O–H groups in total. The van der Waals surface area contributed by atoms with Crippen molar-refractivity contribution in [3.63, 3.8) is 0 Å². The predicted octanol–water partition coefficient (Wildman–Crippen LogP) is 4.16. The topological polar surface area (TPSA) is 43.8 Å². The average molecular weight is 305 g/mol. The van der Waals surface area contributed by atoms with E-state index in [0.717, 1.165) is 23.5 Å². The lowest BCUT2D eigenvalue weighted by atomic mass is 10.0. The Bertz CT molecular complexity index is 755. The van der Waals surface area contributed by atoms with Gasteiger partial charge in [0.15, 0.2) is 0 Å². The van der Waals surface area contributed by atoms with Crippen molar-refractivity contribution in [2.75, 3.05) is 6.54 Å². The van der Waals surface area contributed by atoms with Crippen LogP contribution in [0.25, 0.3) is 16.9 Å². The monoisotopic (exact) mass is 305 g/mol. The fourth-order valence-electron chi connectivity index (χ4n) is 2.71. The van der Waals surface area contributed by atoms with Crippen LogP contribution in [-0.2, 0) is 6.42 Å². The van der Waals surface area contributed by atoms with Crippen molar-refractivity contribution in [3.05, 3.63) is 71.9 Å². The second kappa shape index (κ2) is 6.80. The summed E-state index contributed by atoms with van der Waals surface area (Å²) in [5, 5.41) is 4.74. The summed E-state index contributed by atoms with van der Waals surface area (Å²) in [4.78, 5) is 0. The molecule has 0 spiro atoms. The number of nitrogens with zero attached hydrogens (tertiary/aromatic N) is 2. The molecule has 0 aliphatic carbocycles. The molecule has 0 radical (unpaired) electrons. The van der Waals surface area contributed by atoms with Gasteiger partial charge in [0.05, 0.1) is 17.1 Å². The van der Waals surface area contributed by atoms with Crippen LogP contribution in [0.2, 0.25) is 0 Å². The van der Waals surface area contributed by atoms with Crippen molar-refractivity contribution < 1.29 is 0 Å². The molecule has 2 aromatic carbocycles. The molecular weight excluding hydrogens is 282 g/mol. The first-order valence-electron chi connectivity index (χ1n) is 8.14. The van der Waals surface area contributed by atoms with E-state index < -0.39 is 0 Å². The van der Waals surface area contributed by atoms with Gasteiger partial charge in [0.1, 0.15) is 0 Å². The minimum atomic E-state index is 0.538. The summed E-state index contributed by atoms with van der Waals surface area (Å²) in [6, 6.07) is 21.1. The predicted molar refractivity (Wildman–Crippen MR) is 95.8 cm³/mol. The van der Waals surface area contributed by atoms with Crippen molar-refractivity contribution in [1.29, 1.82) is 0 Å². The Morgan fingerprint density at radius 3 is 2.30 bits per heavy atom. The van der Waals surface area contributed by atoms with Gasteiger partial charge in [-0.25, -0.2) is 4.68 Å². The molecule has 3 aromatic rings. The van der Waals surface area contributed by atoms with E-state index in [1.807, 2.05) is 22.9 Å². The van der Waals surface area contributed by atoms with Crippen LogP contribution in [0.1, 0.15) is 31.0 Å². The fraction of sp³-hybridized carbons (Fsp3) is 0.250. The lowest BCUT2D eigenvalue weighted by Gasteiger charge is -2.09. The number of aromatic nitrogens is 2. The smallest absolute Gasteiger partial charge is 0.0743 e. The summed E-state index contributed by atoms with van der Waals surface area (Å²) >= 11 is 0. The molecule has 1 heterocycles. The molecule has 0 amide bonds. The molecule has 0 unspecified atom stereocenters. The Balaban J connectivity index is 2.06. The van der Waals surface area contributed by atoms with E-state index in [1.54, 1.807) is 0 Å². The lowest BCUT2D eigenvalue weighted by Crippen LogP contribution is -2.04. The Hall–Kier alpha value is -2.39. The first kappa shape index (κ1) is 15.5. The van der Waals surface area contributed by atoms with Crippen LogP contribution < -0.4 is 5.73 Å². The Labute approximate surface area is 137 Å². The van der Waals surface area contributed by atoms with Gasteiger partial charge in [-0.3, -0.25) is 0 Å². The summed E-state index contributed by atoms with van der Waals surface area (Å²) in [6.45, 7) is 5.03. The van der Waals surface area contributed by atoms with E-state index >= 15 is 0 Å². The van der Waals surface area contributed by atoms with Gasteiger partial charge in [-0.05, 0) is 36.2 Å². The Kier molecular flexibility index (Phi) is 4.58. The Morgan fingerprint density at radius 2 is 1.70 bits per heavy atom.